The minimum atomic E-state index is -0.0218. The first-order valence-corrected chi connectivity index (χ1v) is 7.97. The molecule has 0 radical (unpaired) electrons. The van der Waals surface area contributed by atoms with Crippen molar-refractivity contribution < 1.29 is 4.42 Å². The van der Waals surface area contributed by atoms with Gasteiger partial charge < -0.3 is 10.2 Å². The molecule has 0 aliphatic heterocycles. The van der Waals surface area contributed by atoms with Gasteiger partial charge in [-0.1, -0.05) is 31.2 Å². The zero-order valence-electron chi connectivity index (χ0n) is 12.0. The summed E-state index contributed by atoms with van der Waals surface area (Å²) in [5.74, 6) is 0.804. The zero-order valence-corrected chi connectivity index (χ0v) is 12.8. The molecule has 3 rings (SSSR count). The van der Waals surface area contributed by atoms with Gasteiger partial charge >= 0.3 is 0 Å². The Morgan fingerprint density at radius 2 is 2.05 bits per heavy atom. The van der Waals surface area contributed by atoms with Crippen LogP contribution in [-0.4, -0.2) is 4.98 Å². The van der Waals surface area contributed by atoms with Gasteiger partial charge in [0.15, 0.2) is 5.76 Å². The molecule has 2 N–H and O–H groups in total. The predicted molar refractivity (Wildman–Crippen MR) is 86.3 cm³/mol. The standard InChI is InChI=1S/C17H18N2OS/c1-2-12-5-7-13(8-6-12)14(18)10-17-19-15(11-21-17)16-4-3-9-20-16/h3-9,11,14H,2,10,18H2,1H3. The second-order valence-corrected chi connectivity index (χ2v) is 5.95. The van der Waals surface area contributed by atoms with Crippen molar-refractivity contribution in [1.29, 1.82) is 0 Å². The third-order valence-electron chi connectivity index (χ3n) is 3.54. The topological polar surface area (TPSA) is 52.0 Å². The maximum atomic E-state index is 6.29. The van der Waals surface area contributed by atoms with E-state index in [9.17, 15) is 0 Å². The molecule has 1 unspecified atom stereocenters. The van der Waals surface area contributed by atoms with Gasteiger partial charge in [-0.3, -0.25) is 0 Å². The number of benzene rings is 1. The van der Waals surface area contributed by atoms with E-state index in [0.717, 1.165) is 34.9 Å². The van der Waals surface area contributed by atoms with Crippen LogP contribution in [0.25, 0.3) is 11.5 Å². The number of thiazole rings is 1. The van der Waals surface area contributed by atoms with Crippen LogP contribution in [0.1, 0.15) is 29.1 Å². The highest BCUT2D eigenvalue weighted by Crippen LogP contribution is 2.25. The third kappa shape index (κ3) is 3.23. The summed E-state index contributed by atoms with van der Waals surface area (Å²) in [6, 6.07) is 12.3. The van der Waals surface area contributed by atoms with Crippen molar-refractivity contribution in [1.82, 2.24) is 4.98 Å². The lowest BCUT2D eigenvalue weighted by Crippen LogP contribution is -2.13. The first-order valence-electron chi connectivity index (χ1n) is 7.09. The molecule has 0 aliphatic carbocycles. The second kappa shape index (κ2) is 6.24. The van der Waals surface area contributed by atoms with E-state index in [2.05, 4.69) is 36.2 Å². The normalized spacial score (nSPS) is 12.5. The summed E-state index contributed by atoms with van der Waals surface area (Å²) >= 11 is 1.63. The maximum absolute atomic E-state index is 6.29. The number of aromatic nitrogens is 1. The van der Waals surface area contributed by atoms with Crippen LogP contribution in [0.15, 0.2) is 52.5 Å². The van der Waals surface area contributed by atoms with Gasteiger partial charge in [0.1, 0.15) is 5.69 Å². The molecule has 0 saturated carbocycles. The molecule has 21 heavy (non-hydrogen) atoms. The summed E-state index contributed by atoms with van der Waals surface area (Å²) in [6.45, 7) is 2.15. The largest absolute Gasteiger partial charge is 0.463 e. The Morgan fingerprint density at radius 1 is 1.24 bits per heavy atom. The molecule has 0 fully saturated rings. The van der Waals surface area contributed by atoms with Gasteiger partial charge in [-0.25, -0.2) is 4.98 Å². The van der Waals surface area contributed by atoms with Crippen molar-refractivity contribution in [3.8, 4) is 11.5 Å². The molecule has 1 aromatic carbocycles. The lowest BCUT2D eigenvalue weighted by molar-refractivity contribution is 0.580. The Balaban J connectivity index is 1.70. The third-order valence-corrected chi connectivity index (χ3v) is 4.41. The van der Waals surface area contributed by atoms with Crippen LogP contribution in [0.4, 0.5) is 0 Å². The average molecular weight is 298 g/mol. The van der Waals surface area contributed by atoms with Crippen LogP contribution >= 0.6 is 11.3 Å². The molecule has 2 aromatic heterocycles. The summed E-state index contributed by atoms with van der Waals surface area (Å²) in [7, 11) is 0. The van der Waals surface area contributed by atoms with E-state index >= 15 is 0 Å². The highest BCUT2D eigenvalue weighted by Gasteiger charge is 2.12. The molecule has 1 atom stereocenters. The van der Waals surface area contributed by atoms with Crippen molar-refractivity contribution >= 4 is 11.3 Å². The van der Waals surface area contributed by atoms with E-state index in [4.69, 9.17) is 10.2 Å². The van der Waals surface area contributed by atoms with Crippen molar-refractivity contribution in [2.45, 2.75) is 25.8 Å². The quantitative estimate of drug-likeness (QED) is 0.767. The number of aryl methyl sites for hydroxylation is 1. The Hall–Kier alpha value is -1.91. The van der Waals surface area contributed by atoms with Crippen LogP contribution in [0.5, 0.6) is 0 Å². The van der Waals surface area contributed by atoms with Crippen LogP contribution in [0.3, 0.4) is 0 Å². The summed E-state index contributed by atoms with van der Waals surface area (Å²) in [5.41, 5.74) is 9.66. The fraction of sp³-hybridized carbons (Fsp3) is 0.235. The Bertz CT molecular complexity index is 686. The number of hydrogen-bond donors (Lipinski definition) is 1. The van der Waals surface area contributed by atoms with Crippen LogP contribution in [0.2, 0.25) is 0 Å². The van der Waals surface area contributed by atoms with Crippen LogP contribution < -0.4 is 5.73 Å². The molecule has 2 heterocycles. The number of rotatable bonds is 5. The van der Waals surface area contributed by atoms with Crippen LogP contribution in [-0.2, 0) is 12.8 Å². The molecular formula is C17H18N2OS. The van der Waals surface area contributed by atoms with Gasteiger partial charge in [0.25, 0.3) is 0 Å². The highest BCUT2D eigenvalue weighted by atomic mass is 32.1. The van der Waals surface area contributed by atoms with E-state index in [1.807, 2.05) is 17.5 Å². The lowest BCUT2D eigenvalue weighted by Gasteiger charge is -2.10. The Kier molecular flexibility index (Phi) is 4.18. The Labute approximate surface area is 128 Å². The predicted octanol–water partition coefficient (Wildman–Crippen LogP) is 4.21. The van der Waals surface area contributed by atoms with Gasteiger partial charge in [0.05, 0.1) is 11.3 Å². The van der Waals surface area contributed by atoms with Crippen molar-refractivity contribution in [3.05, 3.63) is 64.2 Å². The van der Waals surface area contributed by atoms with Crippen LogP contribution in [0, 0.1) is 0 Å². The van der Waals surface area contributed by atoms with E-state index in [1.165, 1.54) is 5.56 Å². The maximum Gasteiger partial charge on any atom is 0.153 e. The molecule has 3 nitrogen and oxygen atoms in total. The molecule has 0 spiro atoms. The second-order valence-electron chi connectivity index (χ2n) is 5.01. The molecule has 0 aliphatic rings. The number of nitrogens with zero attached hydrogens (tertiary/aromatic N) is 1. The SMILES string of the molecule is CCc1ccc(C(N)Cc2nc(-c3ccco3)cs2)cc1. The van der Waals surface area contributed by atoms with E-state index in [-0.39, 0.29) is 6.04 Å². The minimum absolute atomic E-state index is 0.0218. The molecule has 4 heteroatoms. The molecule has 0 saturated heterocycles. The van der Waals surface area contributed by atoms with Gasteiger partial charge in [0.2, 0.25) is 0 Å². The summed E-state index contributed by atoms with van der Waals surface area (Å²) in [4.78, 5) is 4.60. The van der Waals surface area contributed by atoms with Gasteiger partial charge in [-0.15, -0.1) is 11.3 Å². The molecule has 0 amide bonds. The average Bonchev–Trinajstić information content (AvgIpc) is 3.18. The fourth-order valence-corrected chi connectivity index (χ4v) is 3.09. The molecule has 108 valence electrons. The monoisotopic (exact) mass is 298 g/mol. The lowest BCUT2D eigenvalue weighted by atomic mass is 10.0. The zero-order chi connectivity index (χ0) is 14.7. The molecular weight excluding hydrogens is 280 g/mol. The molecule has 0 bridgehead atoms. The smallest absolute Gasteiger partial charge is 0.153 e. The van der Waals surface area contributed by atoms with Gasteiger partial charge in [-0.2, -0.15) is 0 Å². The number of furan rings is 1. The number of nitrogens with two attached hydrogens (primary N) is 1. The van der Waals surface area contributed by atoms with E-state index in [1.54, 1.807) is 17.6 Å². The van der Waals surface area contributed by atoms with E-state index in [0.29, 0.717) is 0 Å². The summed E-state index contributed by atoms with van der Waals surface area (Å²) in [5, 5.41) is 3.05. The summed E-state index contributed by atoms with van der Waals surface area (Å²) in [6.07, 6.45) is 3.46. The first kappa shape index (κ1) is 14.0. The van der Waals surface area contributed by atoms with E-state index < -0.39 is 0 Å². The fourth-order valence-electron chi connectivity index (χ4n) is 2.25. The number of hydrogen-bond acceptors (Lipinski definition) is 4. The first-order chi connectivity index (χ1) is 10.3. The van der Waals surface area contributed by atoms with Crippen molar-refractivity contribution in [2.75, 3.05) is 0 Å². The minimum Gasteiger partial charge on any atom is -0.463 e. The highest BCUT2D eigenvalue weighted by molar-refractivity contribution is 7.09. The Morgan fingerprint density at radius 3 is 2.71 bits per heavy atom. The molecule has 3 aromatic rings. The van der Waals surface area contributed by atoms with Crippen molar-refractivity contribution in [3.63, 3.8) is 0 Å². The van der Waals surface area contributed by atoms with Gasteiger partial charge in [-0.05, 0) is 29.7 Å². The van der Waals surface area contributed by atoms with Crippen molar-refractivity contribution in [2.24, 2.45) is 5.73 Å². The summed E-state index contributed by atoms with van der Waals surface area (Å²) < 4.78 is 5.36. The van der Waals surface area contributed by atoms with Gasteiger partial charge in [0, 0.05) is 17.8 Å².